The van der Waals surface area contributed by atoms with Crippen LogP contribution in [0.15, 0.2) is 27.4 Å². The first-order valence-electron chi connectivity index (χ1n) is 11.4. The normalized spacial score (nSPS) is 17.5. The fourth-order valence-corrected chi connectivity index (χ4v) is 7.34. The van der Waals surface area contributed by atoms with E-state index in [1.54, 1.807) is 24.5 Å². The Labute approximate surface area is 237 Å². The maximum absolute atomic E-state index is 13.7. The van der Waals surface area contributed by atoms with Crippen LogP contribution >= 0.6 is 43.5 Å². The molecule has 3 heterocycles. The molecule has 0 spiro atoms. The van der Waals surface area contributed by atoms with E-state index < -0.39 is 21.0 Å². The van der Waals surface area contributed by atoms with Crippen molar-refractivity contribution >= 4 is 53.3 Å². The van der Waals surface area contributed by atoms with E-state index in [0.717, 1.165) is 6.42 Å². The van der Waals surface area contributed by atoms with Crippen molar-refractivity contribution in [2.45, 2.75) is 43.1 Å². The molecule has 14 heteroatoms. The van der Waals surface area contributed by atoms with E-state index in [-0.39, 0.29) is 17.5 Å². The zero-order valence-electron chi connectivity index (χ0n) is 20.6. The Balaban J connectivity index is 1.82. The summed E-state index contributed by atoms with van der Waals surface area (Å²) in [5.74, 6) is 1.18. The highest BCUT2D eigenvalue weighted by atomic mass is 79.9. The predicted molar refractivity (Wildman–Crippen MR) is 146 cm³/mol. The molecule has 3 aromatic rings. The van der Waals surface area contributed by atoms with Crippen molar-refractivity contribution in [2.75, 3.05) is 27.4 Å². The maximum Gasteiger partial charge on any atom is 0.161 e. The highest BCUT2D eigenvalue weighted by molar-refractivity contribution is 9.11. The molecule has 1 aromatic carbocycles. The fraction of sp³-hybridized carbons (Fsp3) is 0.478. The molecule has 0 amide bonds. The summed E-state index contributed by atoms with van der Waals surface area (Å²) in [6.07, 6.45) is 3.64. The summed E-state index contributed by atoms with van der Waals surface area (Å²) in [5.41, 5.74) is 0.491. The summed E-state index contributed by atoms with van der Waals surface area (Å²) in [4.78, 5) is 8.42. The topological polar surface area (TPSA) is 118 Å². The molecule has 10 nitrogen and oxygen atoms in total. The molecule has 0 saturated carbocycles. The van der Waals surface area contributed by atoms with Crippen LogP contribution in [-0.2, 0) is 20.3 Å². The standard InChI is InChI=1S/C23H26Br2ClN5O5S/c1-12(22-27-8-15(26)9-28-22)13(2)37(32,33)11-18-29-30-23(14-5-6-36-10-14)31(18)19-20(34-3)16(24)7-17(25)21(19)35-4/h7-9,12-14H,5-6,10-11H2,1-4H3/t12-,13-,14+/m0/s1. The first kappa shape index (κ1) is 28.2. The van der Waals surface area contributed by atoms with Crippen LogP contribution in [0.5, 0.6) is 11.5 Å². The van der Waals surface area contributed by atoms with E-state index in [4.69, 9.17) is 25.8 Å². The van der Waals surface area contributed by atoms with E-state index in [1.807, 2.05) is 0 Å². The second-order valence-electron chi connectivity index (χ2n) is 8.69. The smallest absolute Gasteiger partial charge is 0.161 e. The Kier molecular flexibility index (Phi) is 8.79. The third-order valence-corrected chi connectivity index (χ3v) is 10.0. The number of aromatic nitrogens is 5. The molecular formula is C23H26Br2ClN5O5S. The van der Waals surface area contributed by atoms with Gasteiger partial charge < -0.3 is 14.2 Å². The molecule has 1 aliphatic rings. The van der Waals surface area contributed by atoms with Gasteiger partial charge in [-0.05, 0) is 51.3 Å². The highest BCUT2D eigenvalue weighted by Crippen LogP contribution is 2.45. The molecule has 4 rings (SSSR count). The number of hydrogen-bond donors (Lipinski definition) is 0. The number of nitrogens with zero attached hydrogens (tertiary/aromatic N) is 5. The summed E-state index contributed by atoms with van der Waals surface area (Å²) < 4.78 is 47.4. The van der Waals surface area contributed by atoms with Crippen LogP contribution in [0.4, 0.5) is 0 Å². The molecule has 0 unspecified atom stereocenters. The molecule has 0 aliphatic carbocycles. The largest absolute Gasteiger partial charge is 0.493 e. The van der Waals surface area contributed by atoms with Gasteiger partial charge in [-0.1, -0.05) is 18.5 Å². The first-order valence-corrected chi connectivity index (χ1v) is 15.1. The number of ether oxygens (including phenoxy) is 3. The quantitative estimate of drug-likeness (QED) is 0.312. The molecule has 0 radical (unpaired) electrons. The van der Waals surface area contributed by atoms with Crippen LogP contribution < -0.4 is 9.47 Å². The van der Waals surface area contributed by atoms with E-state index in [0.29, 0.717) is 56.0 Å². The van der Waals surface area contributed by atoms with Crippen LogP contribution in [0.25, 0.3) is 5.69 Å². The third-order valence-electron chi connectivity index (χ3n) is 6.45. The van der Waals surface area contributed by atoms with Gasteiger partial charge in [0.05, 0.1) is 40.0 Å². The number of rotatable bonds is 9. The fourth-order valence-electron chi connectivity index (χ4n) is 4.22. The lowest BCUT2D eigenvalue weighted by molar-refractivity contribution is 0.193. The average molecular weight is 680 g/mol. The number of halogens is 3. The number of methoxy groups -OCH3 is 2. The van der Waals surface area contributed by atoms with Gasteiger partial charge in [-0.3, -0.25) is 4.57 Å². The first-order chi connectivity index (χ1) is 17.6. The van der Waals surface area contributed by atoms with E-state index in [1.165, 1.54) is 26.6 Å². The number of hydrogen-bond acceptors (Lipinski definition) is 9. The van der Waals surface area contributed by atoms with Crippen molar-refractivity contribution in [3.05, 3.63) is 49.9 Å². The Morgan fingerprint density at radius 3 is 2.30 bits per heavy atom. The lowest BCUT2D eigenvalue weighted by Crippen LogP contribution is -2.27. The number of benzene rings is 1. The molecule has 3 atom stereocenters. The van der Waals surface area contributed by atoms with Crippen LogP contribution in [0.1, 0.15) is 49.6 Å². The predicted octanol–water partition coefficient (Wildman–Crippen LogP) is 4.86. The second-order valence-corrected chi connectivity index (χ2v) is 13.2. The molecular weight excluding hydrogens is 654 g/mol. The Hall–Kier alpha value is -1.80. The molecule has 200 valence electrons. The van der Waals surface area contributed by atoms with E-state index in [9.17, 15) is 8.42 Å². The minimum atomic E-state index is -3.74. The second kappa shape index (κ2) is 11.5. The average Bonchev–Trinajstić information content (AvgIpc) is 3.53. The van der Waals surface area contributed by atoms with Gasteiger partial charge in [0.25, 0.3) is 0 Å². The summed E-state index contributed by atoms with van der Waals surface area (Å²) in [6.45, 7) is 4.44. The molecule has 1 aliphatic heterocycles. The zero-order chi connectivity index (χ0) is 26.9. The molecule has 2 aromatic heterocycles. The minimum absolute atomic E-state index is 0.0741. The Bertz CT molecular complexity index is 1350. The van der Waals surface area contributed by atoms with Gasteiger partial charge in [0.1, 0.15) is 23.1 Å². The van der Waals surface area contributed by atoms with Crippen molar-refractivity contribution in [3.63, 3.8) is 0 Å². The lowest BCUT2D eigenvalue weighted by Gasteiger charge is -2.22. The van der Waals surface area contributed by atoms with Crippen LogP contribution in [-0.4, -0.2) is 65.8 Å². The van der Waals surface area contributed by atoms with E-state index in [2.05, 4.69) is 52.0 Å². The molecule has 0 N–H and O–H groups in total. The monoisotopic (exact) mass is 677 g/mol. The van der Waals surface area contributed by atoms with Crippen molar-refractivity contribution in [3.8, 4) is 17.2 Å². The van der Waals surface area contributed by atoms with Gasteiger partial charge in [-0.15, -0.1) is 10.2 Å². The highest BCUT2D eigenvalue weighted by Gasteiger charge is 2.35. The van der Waals surface area contributed by atoms with Crippen molar-refractivity contribution in [2.24, 2.45) is 0 Å². The molecule has 1 fully saturated rings. The van der Waals surface area contributed by atoms with Crippen molar-refractivity contribution < 1.29 is 22.6 Å². The lowest BCUT2D eigenvalue weighted by atomic mass is 10.1. The third kappa shape index (κ3) is 5.65. The van der Waals surface area contributed by atoms with Gasteiger partial charge in [0, 0.05) is 30.8 Å². The van der Waals surface area contributed by atoms with Gasteiger partial charge in [0.15, 0.2) is 27.2 Å². The van der Waals surface area contributed by atoms with Crippen LogP contribution in [0, 0.1) is 0 Å². The summed E-state index contributed by atoms with van der Waals surface area (Å²) >= 11 is 13.0. The van der Waals surface area contributed by atoms with Crippen molar-refractivity contribution in [1.82, 2.24) is 24.7 Å². The van der Waals surface area contributed by atoms with E-state index >= 15 is 0 Å². The minimum Gasteiger partial charge on any atom is -0.493 e. The maximum atomic E-state index is 13.7. The summed E-state index contributed by atoms with van der Waals surface area (Å²) in [7, 11) is -0.676. The zero-order valence-corrected chi connectivity index (χ0v) is 25.4. The molecule has 1 saturated heterocycles. The number of sulfone groups is 1. The van der Waals surface area contributed by atoms with Crippen LogP contribution in [0.3, 0.4) is 0 Å². The molecule has 0 bridgehead atoms. The molecule has 37 heavy (non-hydrogen) atoms. The van der Waals surface area contributed by atoms with Gasteiger partial charge in [0.2, 0.25) is 0 Å². The van der Waals surface area contributed by atoms with Gasteiger partial charge >= 0.3 is 0 Å². The van der Waals surface area contributed by atoms with Gasteiger partial charge in [-0.2, -0.15) is 0 Å². The van der Waals surface area contributed by atoms with Gasteiger partial charge in [-0.25, -0.2) is 18.4 Å². The summed E-state index contributed by atoms with van der Waals surface area (Å²) in [6, 6.07) is 1.80. The Morgan fingerprint density at radius 2 is 1.76 bits per heavy atom. The van der Waals surface area contributed by atoms with Crippen molar-refractivity contribution in [1.29, 1.82) is 0 Å². The van der Waals surface area contributed by atoms with Crippen LogP contribution in [0.2, 0.25) is 5.02 Å². The SMILES string of the molecule is COc1c(Br)cc(Br)c(OC)c1-n1c(CS(=O)(=O)[C@@H](C)[C@H](C)c2ncc(Cl)cn2)nnc1[C@@H]1CCOC1. The Morgan fingerprint density at radius 1 is 1.14 bits per heavy atom. The summed E-state index contributed by atoms with van der Waals surface area (Å²) in [5, 5.41) is 8.35.